The first-order valence-corrected chi connectivity index (χ1v) is 8.36. The minimum absolute atomic E-state index is 0.0788. The molecule has 124 valence electrons. The Morgan fingerprint density at radius 2 is 2.13 bits per heavy atom. The molecule has 0 unspecified atom stereocenters. The third kappa shape index (κ3) is 3.67. The number of likely N-dealkylation sites (N-methyl/N-ethyl adjacent to an activating group) is 1. The fraction of sp³-hybridized carbons (Fsp3) is 0.438. The molecule has 1 amide bonds. The fourth-order valence-corrected chi connectivity index (χ4v) is 2.76. The van der Waals surface area contributed by atoms with E-state index < -0.39 is 0 Å². The normalized spacial score (nSPS) is 16.7. The van der Waals surface area contributed by atoms with Crippen LogP contribution in [0.1, 0.15) is 32.4 Å². The number of hydrogen-bond acceptors (Lipinski definition) is 6. The van der Waals surface area contributed by atoms with Gasteiger partial charge in [0.1, 0.15) is 17.9 Å². The van der Waals surface area contributed by atoms with E-state index in [-0.39, 0.29) is 5.91 Å². The highest BCUT2D eigenvalue weighted by Gasteiger charge is 2.28. The Morgan fingerprint density at radius 1 is 1.43 bits per heavy atom. The van der Waals surface area contributed by atoms with Gasteiger partial charge >= 0.3 is 0 Å². The van der Waals surface area contributed by atoms with Gasteiger partial charge in [-0.15, -0.1) is 11.8 Å². The Hall–Kier alpha value is -2.02. The van der Waals surface area contributed by atoms with Gasteiger partial charge in [-0.3, -0.25) is 9.69 Å². The van der Waals surface area contributed by atoms with Crippen LogP contribution in [0.15, 0.2) is 39.5 Å². The van der Waals surface area contributed by atoms with Crippen LogP contribution in [0, 0.1) is 0 Å². The number of amides is 1. The highest BCUT2D eigenvalue weighted by atomic mass is 32.2. The molecule has 23 heavy (non-hydrogen) atoms. The van der Waals surface area contributed by atoms with Crippen molar-refractivity contribution < 1.29 is 9.21 Å². The maximum atomic E-state index is 12.2. The van der Waals surface area contributed by atoms with Crippen molar-refractivity contribution in [3.8, 4) is 0 Å². The molecule has 0 radical (unpaired) electrons. The summed E-state index contributed by atoms with van der Waals surface area (Å²) >= 11 is 1.53. The lowest BCUT2D eigenvalue weighted by atomic mass is 10.2. The summed E-state index contributed by atoms with van der Waals surface area (Å²) in [7, 11) is 3.56. The van der Waals surface area contributed by atoms with Crippen molar-refractivity contribution in [2.75, 3.05) is 14.1 Å². The number of carbonyl (C=O) groups is 1. The Bertz CT molecular complexity index is 690. The van der Waals surface area contributed by atoms with Gasteiger partial charge in [0.25, 0.3) is 5.91 Å². The molecule has 0 aromatic carbocycles. The monoisotopic (exact) mass is 334 g/mol. The summed E-state index contributed by atoms with van der Waals surface area (Å²) < 4.78 is 5.40. The molecule has 1 aromatic heterocycles. The summed E-state index contributed by atoms with van der Waals surface area (Å²) in [6.07, 6.45) is 2.54. The van der Waals surface area contributed by atoms with Crippen LogP contribution in [-0.2, 0) is 17.0 Å². The molecule has 1 aliphatic rings. The lowest BCUT2D eigenvalue weighted by Gasteiger charge is -2.34. The predicted molar refractivity (Wildman–Crippen MR) is 92.7 cm³/mol. The summed E-state index contributed by atoms with van der Waals surface area (Å²) in [5, 5.41) is 0.840. The molecule has 0 fully saturated rings. The second-order valence-corrected chi connectivity index (χ2v) is 6.46. The largest absolute Gasteiger partial charge is 0.448 e. The first-order chi connectivity index (χ1) is 10.8. The van der Waals surface area contributed by atoms with Crippen molar-refractivity contribution in [1.29, 1.82) is 0 Å². The van der Waals surface area contributed by atoms with Crippen LogP contribution in [0.25, 0.3) is 0 Å². The Morgan fingerprint density at radius 3 is 2.74 bits per heavy atom. The van der Waals surface area contributed by atoms with E-state index in [4.69, 9.17) is 4.42 Å². The van der Waals surface area contributed by atoms with E-state index in [0.717, 1.165) is 17.2 Å². The van der Waals surface area contributed by atoms with Crippen molar-refractivity contribution in [3.63, 3.8) is 0 Å². The van der Waals surface area contributed by atoms with Gasteiger partial charge in [-0.1, -0.05) is 13.5 Å². The van der Waals surface area contributed by atoms with Crippen LogP contribution in [0.3, 0.4) is 0 Å². The van der Waals surface area contributed by atoms with E-state index in [0.29, 0.717) is 28.9 Å². The van der Waals surface area contributed by atoms with E-state index in [1.807, 2.05) is 25.8 Å². The molecule has 0 aliphatic carbocycles. The van der Waals surface area contributed by atoms with Crippen molar-refractivity contribution in [2.24, 2.45) is 4.99 Å². The minimum Gasteiger partial charge on any atom is -0.448 e. The molecular formula is C16H22N4O2S. The molecule has 1 aliphatic heterocycles. The molecule has 1 aromatic rings. The number of aryl methyl sites for hydroxylation is 1. The lowest BCUT2D eigenvalue weighted by Crippen LogP contribution is -2.40. The average Bonchev–Trinajstić information content (AvgIpc) is 3.01. The van der Waals surface area contributed by atoms with Crippen molar-refractivity contribution >= 4 is 22.7 Å². The van der Waals surface area contributed by atoms with Gasteiger partial charge in [-0.25, -0.2) is 9.98 Å². The first-order valence-electron chi connectivity index (χ1n) is 7.38. The number of nitrogens with zero attached hydrogens (tertiary/aromatic N) is 4. The van der Waals surface area contributed by atoms with Crippen LogP contribution in [-0.4, -0.2) is 39.8 Å². The number of rotatable bonds is 4. The van der Waals surface area contributed by atoms with Crippen LogP contribution >= 0.6 is 11.8 Å². The summed E-state index contributed by atoms with van der Waals surface area (Å²) in [6.45, 7) is 9.65. The number of hydrogen-bond donors (Lipinski definition) is 0. The maximum absolute atomic E-state index is 12.2. The van der Waals surface area contributed by atoms with Crippen molar-refractivity contribution in [1.82, 2.24) is 14.8 Å². The predicted octanol–water partition coefficient (Wildman–Crippen LogP) is 3.00. The van der Waals surface area contributed by atoms with Crippen molar-refractivity contribution in [3.05, 3.63) is 41.6 Å². The molecule has 0 saturated heterocycles. The van der Waals surface area contributed by atoms with E-state index >= 15 is 0 Å². The standard InChI is InChI=1S/C16H22N4O2S/c1-7-13-8-22-14(18-13)9-23-11(3)17-15-10(2)16(21)20(6)12(4)19(15)5/h8H,4,7,9H2,1-3,5-6H3/b17-11+. The summed E-state index contributed by atoms with van der Waals surface area (Å²) in [4.78, 5) is 24.5. The van der Waals surface area contributed by atoms with Crippen LogP contribution in [0.2, 0.25) is 0 Å². The van der Waals surface area contributed by atoms with Gasteiger partial charge in [-0.05, 0) is 20.3 Å². The van der Waals surface area contributed by atoms with Gasteiger partial charge in [0.2, 0.25) is 5.89 Å². The number of aliphatic imine (C=N–C) groups is 1. The van der Waals surface area contributed by atoms with Gasteiger partial charge in [-0.2, -0.15) is 0 Å². The van der Waals surface area contributed by atoms with Gasteiger partial charge < -0.3 is 9.32 Å². The van der Waals surface area contributed by atoms with Gasteiger partial charge in [0.05, 0.1) is 22.1 Å². The molecule has 7 heteroatoms. The number of aromatic nitrogens is 1. The van der Waals surface area contributed by atoms with Crippen LogP contribution in [0.4, 0.5) is 0 Å². The van der Waals surface area contributed by atoms with E-state index in [1.54, 1.807) is 20.2 Å². The fourth-order valence-electron chi connectivity index (χ4n) is 2.15. The Kier molecular flexibility index (Phi) is 5.30. The summed E-state index contributed by atoms with van der Waals surface area (Å²) in [5.74, 6) is 2.46. The molecule has 6 nitrogen and oxygen atoms in total. The van der Waals surface area contributed by atoms with E-state index in [1.165, 1.54) is 16.7 Å². The SMILES string of the molecule is C=C1N(C)C(=O)C(C)=C(/N=C(\C)SCc2nc(CC)co2)N1C. The van der Waals surface area contributed by atoms with Gasteiger partial charge in [0, 0.05) is 14.1 Å². The zero-order valence-corrected chi connectivity index (χ0v) is 15.0. The molecule has 0 spiro atoms. The van der Waals surface area contributed by atoms with Gasteiger partial charge in [0.15, 0.2) is 0 Å². The zero-order chi connectivity index (χ0) is 17.1. The molecule has 2 rings (SSSR count). The lowest BCUT2D eigenvalue weighted by molar-refractivity contribution is -0.126. The Labute approximate surface area is 141 Å². The maximum Gasteiger partial charge on any atom is 0.258 e. The zero-order valence-electron chi connectivity index (χ0n) is 14.2. The third-order valence-corrected chi connectivity index (χ3v) is 4.58. The second kappa shape index (κ2) is 7.04. The highest BCUT2D eigenvalue weighted by molar-refractivity contribution is 8.13. The molecule has 0 N–H and O–H groups in total. The molecule has 0 bridgehead atoms. The topological polar surface area (TPSA) is 61.9 Å². The Balaban J connectivity index is 2.12. The summed E-state index contributed by atoms with van der Waals surface area (Å²) in [5.41, 5.74) is 1.55. The molecular weight excluding hydrogens is 312 g/mol. The minimum atomic E-state index is -0.0788. The second-order valence-electron chi connectivity index (χ2n) is 5.29. The van der Waals surface area contributed by atoms with E-state index in [2.05, 4.69) is 16.6 Å². The number of carbonyl (C=O) groups excluding carboxylic acids is 1. The van der Waals surface area contributed by atoms with Crippen LogP contribution < -0.4 is 0 Å². The molecule has 0 saturated carbocycles. The summed E-state index contributed by atoms with van der Waals surface area (Å²) in [6, 6.07) is 0. The number of oxazole rings is 1. The van der Waals surface area contributed by atoms with Crippen LogP contribution in [0.5, 0.6) is 0 Å². The average molecular weight is 334 g/mol. The molecule has 0 atom stereocenters. The molecule has 2 heterocycles. The quantitative estimate of drug-likeness (QED) is 0.626. The highest BCUT2D eigenvalue weighted by Crippen LogP contribution is 2.26. The van der Waals surface area contributed by atoms with E-state index in [9.17, 15) is 4.79 Å². The number of thioether (sulfide) groups is 1. The first kappa shape index (κ1) is 17.3. The third-order valence-electron chi connectivity index (χ3n) is 3.68. The smallest absolute Gasteiger partial charge is 0.258 e. The van der Waals surface area contributed by atoms with Crippen molar-refractivity contribution in [2.45, 2.75) is 32.9 Å².